The second-order valence-electron chi connectivity index (χ2n) is 13.9. The predicted octanol–water partition coefficient (Wildman–Crippen LogP) is 6.03. The van der Waals surface area contributed by atoms with Crippen LogP contribution in [0.3, 0.4) is 0 Å². The largest absolute Gasteiger partial charge is 0.478 e. The molecule has 0 saturated carbocycles. The topological polar surface area (TPSA) is 195 Å². The molecule has 0 radical (unpaired) electrons. The Labute approximate surface area is 344 Å². The van der Waals surface area contributed by atoms with E-state index in [1.165, 1.54) is 17.0 Å². The van der Waals surface area contributed by atoms with Gasteiger partial charge in [0.2, 0.25) is 21.8 Å². The molecule has 0 saturated heterocycles. The second kappa shape index (κ2) is 21.2. The Hall–Kier alpha value is -5.64. The van der Waals surface area contributed by atoms with E-state index in [0.29, 0.717) is 43.7 Å². The van der Waals surface area contributed by atoms with Crippen molar-refractivity contribution in [1.29, 1.82) is 0 Å². The molecule has 0 aliphatic heterocycles. The van der Waals surface area contributed by atoms with Gasteiger partial charge in [-0.2, -0.15) is 0 Å². The molecule has 0 unspecified atom stereocenters. The van der Waals surface area contributed by atoms with Crippen LogP contribution in [-0.2, 0) is 39.0 Å². The third-order valence-corrected chi connectivity index (χ3v) is 10.3. The van der Waals surface area contributed by atoms with Crippen molar-refractivity contribution in [1.82, 2.24) is 19.5 Å². The number of nitrogens with one attached hydrogen (secondary N) is 3. The zero-order chi connectivity index (χ0) is 42.4. The number of benzene rings is 3. The third-order valence-electron chi connectivity index (χ3n) is 9.49. The maximum absolute atomic E-state index is 13.6. The van der Waals surface area contributed by atoms with Crippen molar-refractivity contribution in [3.05, 3.63) is 124 Å². The number of carbonyl (C=O) groups excluding carboxylic acids is 4. The Morgan fingerprint density at radius 2 is 1.41 bits per heavy atom. The van der Waals surface area contributed by atoms with Gasteiger partial charge in [-0.15, -0.1) is 0 Å². The summed E-state index contributed by atoms with van der Waals surface area (Å²) in [5.74, 6) is -3.02. The van der Waals surface area contributed by atoms with Gasteiger partial charge in [-0.1, -0.05) is 61.8 Å². The molecule has 0 aliphatic carbocycles. The number of hydrogen-bond acceptors (Lipinski definition) is 9. The van der Waals surface area contributed by atoms with Crippen LogP contribution in [0.1, 0.15) is 87.4 Å². The van der Waals surface area contributed by atoms with Gasteiger partial charge in [-0.05, 0) is 90.9 Å². The summed E-state index contributed by atoms with van der Waals surface area (Å²) >= 11 is 6.18. The summed E-state index contributed by atoms with van der Waals surface area (Å²) in [4.78, 5) is 70.7. The van der Waals surface area contributed by atoms with Crippen LogP contribution in [0.25, 0.3) is 0 Å². The van der Waals surface area contributed by atoms with Gasteiger partial charge in [-0.3, -0.25) is 28.8 Å². The van der Waals surface area contributed by atoms with Gasteiger partial charge in [0, 0.05) is 56.8 Å². The molecule has 308 valence electrons. The van der Waals surface area contributed by atoms with E-state index in [1.807, 2.05) is 22.9 Å². The van der Waals surface area contributed by atoms with Gasteiger partial charge < -0.3 is 20.6 Å². The molecule has 0 atom stereocenters. The summed E-state index contributed by atoms with van der Waals surface area (Å²) in [6.07, 6.45) is 3.63. The minimum absolute atomic E-state index is 0.0690. The second-order valence-corrected chi connectivity index (χ2v) is 16.0. The number of carboxylic acid groups (broad SMARTS) is 1. The number of sulfonamides is 1. The van der Waals surface area contributed by atoms with E-state index in [1.54, 1.807) is 61.6 Å². The van der Waals surface area contributed by atoms with E-state index in [0.717, 1.165) is 35.8 Å². The Balaban J connectivity index is 1.38. The monoisotopic (exact) mass is 832 g/mol. The summed E-state index contributed by atoms with van der Waals surface area (Å²) in [6, 6.07) is 24.4. The molecule has 0 spiro atoms. The lowest BCUT2D eigenvalue weighted by molar-refractivity contribution is -0.132. The standard InChI is InChI=1S/C42H49ClN6O8S/c1-5-34(6-2)49(25-24-48(3)38(51)23-22-37(50)47-58(4,56)57)27-30-8-7-9-32(26-30)40(52)45-35-20-21-36(43)46-39(35)41(53)44-33-18-14-29(15-19-33)11-10-28-12-16-31(17-13-28)42(54)55/h7-9,12-21,26,34H,5-6,10-11,22-25,27H2,1-4H3,(H,44,53)(H,45,52)(H,47,50)(H,54,55). The molecular weight excluding hydrogens is 784 g/mol. The molecule has 1 heterocycles. The van der Waals surface area contributed by atoms with Crippen LogP contribution in [0.15, 0.2) is 84.9 Å². The molecule has 14 nitrogen and oxygen atoms in total. The van der Waals surface area contributed by atoms with Gasteiger partial charge in [0.15, 0.2) is 5.69 Å². The zero-order valence-electron chi connectivity index (χ0n) is 33.0. The molecular formula is C42H49ClN6O8S. The number of aromatic carboxylic acids is 1. The molecule has 0 bridgehead atoms. The Kier molecular flexibility index (Phi) is 16.5. The number of amides is 4. The number of carboxylic acids is 1. The Morgan fingerprint density at radius 3 is 2.02 bits per heavy atom. The van der Waals surface area contributed by atoms with Crippen molar-refractivity contribution >= 4 is 62.6 Å². The van der Waals surface area contributed by atoms with Crippen LogP contribution in [-0.4, -0.2) is 90.3 Å². The first-order valence-corrected chi connectivity index (χ1v) is 21.1. The van der Waals surface area contributed by atoms with Crippen LogP contribution in [0.2, 0.25) is 5.15 Å². The molecule has 4 N–H and O–H groups in total. The maximum Gasteiger partial charge on any atom is 0.335 e. The fraction of sp³-hybridized carbons (Fsp3) is 0.333. The van der Waals surface area contributed by atoms with Crippen LogP contribution >= 0.6 is 11.6 Å². The van der Waals surface area contributed by atoms with Crippen molar-refractivity contribution in [2.45, 2.75) is 65.0 Å². The van der Waals surface area contributed by atoms with Crippen LogP contribution in [0, 0.1) is 0 Å². The summed E-state index contributed by atoms with van der Waals surface area (Å²) in [6.45, 7) is 5.54. The van der Waals surface area contributed by atoms with Gasteiger partial charge in [0.1, 0.15) is 5.15 Å². The maximum atomic E-state index is 13.6. The number of aromatic nitrogens is 1. The van der Waals surface area contributed by atoms with Crippen molar-refractivity contribution in [2.24, 2.45) is 0 Å². The number of carbonyl (C=O) groups is 5. The summed E-state index contributed by atoms with van der Waals surface area (Å²) in [5.41, 5.74) is 4.09. The smallest absolute Gasteiger partial charge is 0.335 e. The fourth-order valence-electron chi connectivity index (χ4n) is 6.26. The first-order chi connectivity index (χ1) is 27.5. The van der Waals surface area contributed by atoms with E-state index in [4.69, 9.17) is 16.7 Å². The summed E-state index contributed by atoms with van der Waals surface area (Å²) < 4.78 is 24.5. The molecule has 1 aromatic heterocycles. The van der Waals surface area contributed by atoms with E-state index in [9.17, 15) is 32.4 Å². The number of likely N-dealkylation sites (N-methyl/N-ethyl adjacent to an activating group) is 1. The highest BCUT2D eigenvalue weighted by Gasteiger charge is 2.21. The molecule has 0 fully saturated rings. The van der Waals surface area contributed by atoms with Crippen molar-refractivity contribution in [3.63, 3.8) is 0 Å². The Morgan fingerprint density at radius 1 is 0.776 bits per heavy atom. The van der Waals surface area contributed by atoms with Gasteiger partial charge in [0.25, 0.3) is 11.8 Å². The van der Waals surface area contributed by atoms with Crippen LogP contribution in [0.4, 0.5) is 11.4 Å². The molecule has 3 aromatic carbocycles. The fourth-order valence-corrected chi connectivity index (χ4v) is 6.93. The van der Waals surface area contributed by atoms with Crippen molar-refractivity contribution in [3.8, 4) is 0 Å². The number of halogens is 1. The molecule has 0 aliphatic rings. The quantitative estimate of drug-likeness (QED) is 0.0764. The van der Waals surface area contributed by atoms with Crippen molar-refractivity contribution < 1.29 is 37.5 Å². The summed E-state index contributed by atoms with van der Waals surface area (Å²) in [7, 11) is -2.06. The predicted molar refractivity (Wildman–Crippen MR) is 223 cm³/mol. The minimum atomic E-state index is -3.70. The number of pyridine rings is 1. The van der Waals surface area contributed by atoms with Gasteiger partial charge in [-0.25, -0.2) is 18.2 Å². The summed E-state index contributed by atoms with van der Waals surface area (Å²) in [5, 5.41) is 14.8. The van der Waals surface area contributed by atoms with Crippen LogP contribution < -0.4 is 15.4 Å². The van der Waals surface area contributed by atoms with Crippen LogP contribution in [0.5, 0.6) is 0 Å². The van der Waals surface area contributed by atoms with E-state index in [2.05, 4.69) is 34.4 Å². The normalized spacial score (nSPS) is 11.3. The van der Waals surface area contributed by atoms with Gasteiger partial charge >= 0.3 is 5.97 Å². The number of aryl methyl sites for hydroxylation is 2. The lowest BCUT2D eigenvalue weighted by Gasteiger charge is -2.32. The lowest BCUT2D eigenvalue weighted by Crippen LogP contribution is -2.41. The highest BCUT2D eigenvalue weighted by Crippen LogP contribution is 2.22. The number of rotatable bonds is 20. The minimum Gasteiger partial charge on any atom is -0.478 e. The molecule has 16 heteroatoms. The van der Waals surface area contributed by atoms with Gasteiger partial charge in [0.05, 0.1) is 17.5 Å². The zero-order valence-corrected chi connectivity index (χ0v) is 34.5. The first kappa shape index (κ1) is 45.1. The Bertz CT molecular complexity index is 2200. The number of anilines is 2. The number of hydrogen-bond donors (Lipinski definition) is 4. The SMILES string of the molecule is CCC(CC)N(CCN(C)C(=O)CCC(=O)NS(C)(=O)=O)Cc1cccc(C(=O)Nc2ccc(Cl)nc2C(=O)Nc2ccc(CCc3ccc(C(=O)O)cc3)cc2)c1. The molecule has 4 aromatic rings. The molecule has 4 rings (SSSR count). The van der Waals surface area contributed by atoms with Crippen molar-refractivity contribution in [2.75, 3.05) is 37.0 Å². The average Bonchev–Trinajstić information content (AvgIpc) is 3.19. The first-order valence-electron chi connectivity index (χ1n) is 18.8. The number of nitrogens with zero attached hydrogens (tertiary/aromatic N) is 3. The molecule has 4 amide bonds. The lowest BCUT2D eigenvalue weighted by atomic mass is 10.0. The van der Waals surface area contributed by atoms with E-state index >= 15 is 0 Å². The highest BCUT2D eigenvalue weighted by molar-refractivity contribution is 7.89. The van der Waals surface area contributed by atoms with E-state index in [-0.39, 0.29) is 46.9 Å². The third kappa shape index (κ3) is 14.1. The molecule has 58 heavy (non-hydrogen) atoms. The van der Waals surface area contributed by atoms with E-state index < -0.39 is 33.7 Å². The highest BCUT2D eigenvalue weighted by atomic mass is 35.5. The average molecular weight is 833 g/mol.